The maximum absolute atomic E-state index is 14.8. The highest BCUT2D eigenvalue weighted by Gasteiger charge is 2.23. The lowest BCUT2D eigenvalue weighted by atomic mass is 9.89. The molecule has 8 heteroatoms. The molecule has 1 aromatic carbocycles. The minimum atomic E-state index is -0.834. The lowest BCUT2D eigenvalue weighted by Crippen LogP contribution is -2.36. The third kappa shape index (κ3) is 5.15. The Balaban J connectivity index is 1.53. The third-order valence-corrected chi connectivity index (χ3v) is 7.10. The number of nitrogens with one attached hydrogen (secondary N) is 1. The second kappa shape index (κ2) is 10.8. The van der Waals surface area contributed by atoms with Gasteiger partial charge in [-0.2, -0.15) is 0 Å². The van der Waals surface area contributed by atoms with Crippen molar-refractivity contribution < 1.29 is 8.78 Å². The molecule has 2 aliphatic heterocycles. The molecule has 4 heterocycles. The molecule has 0 saturated carbocycles. The largest absolute Gasteiger partial charge is 0.311 e. The number of halogens is 3. The number of hydrogen-bond donors (Lipinski definition) is 1. The average Bonchev–Trinajstić information content (AvgIpc) is 3.13. The summed E-state index contributed by atoms with van der Waals surface area (Å²) in [6, 6.07) is 7.67. The van der Waals surface area contributed by atoms with Crippen molar-refractivity contribution >= 4 is 45.2 Å². The first-order chi connectivity index (χ1) is 18.0. The lowest BCUT2D eigenvalue weighted by molar-refractivity contribution is 0.517. The van der Waals surface area contributed by atoms with Crippen LogP contribution < -0.4 is 5.32 Å². The fourth-order valence-corrected chi connectivity index (χ4v) is 5.02. The molecule has 3 aromatic rings. The molecule has 0 spiro atoms. The van der Waals surface area contributed by atoms with Gasteiger partial charge in [0.15, 0.2) is 0 Å². The number of nitrogens with zero attached hydrogens (tertiary/aromatic N) is 4. The maximum Gasteiger partial charge on any atom is 0.144 e. The zero-order valence-corrected chi connectivity index (χ0v) is 21.2. The third-order valence-electron chi connectivity index (χ3n) is 6.81. The molecule has 1 saturated heterocycles. The van der Waals surface area contributed by atoms with Crippen LogP contribution in [0.4, 0.5) is 8.78 Å². The van der Waals surface area contributed by atoms with Crippen LogP contribution in [0.1, 0.15) is 43.0 Å². The van der Waals surface area contributed by atoms with Crippen molar-refractivity contribution in [1.82, 2.24) is 15.3 Å². The summed E-state index contributed by atoms with van der Waals surface area (Å²) in [5.74, 6) is -1.09. The molecule has 2 aromatic heterocycles. The van der Waals surface area contributed by atoms with Crippen LogP contribution >= 0.6 is 11.6 Å². The van der Waals surface area contributed by atoms with Gasteiger partial charge in [-0.05, 0) is 68.1 Å². The monoisotopic (exact) mass is 517 g/mol. The second-order valence-electron chi connectivity index (χ2n) is 9.04. The summed E-state index contributed by atoms with van der Waals surface area (Å²) in [5.41, 5.74) is 6.21. The van der Waals surface area contributed by atoms with Gasteiger partial charge in [-0.1, -0.05) is 24.3 Å². The van der Waals surface area contributed by atoms with Crippen molar-refractivity contribution in [3.63, 3.8) is 0 Å². The molecule has 0 radical (unpaired) electrons. The SMILES string of the molecule is C=CN=C(/C(=C\C)c1ccc2ncc(C3=CN=C4CNCCC4CC3)cc2n1)c1cc(Cl)c(F)cc1F. The number of pyridine rings is 2. The molecule has 188 valence electrons. The molecule has 0 amide bonds. The van der Waals surface area contributed by atoms with Crippen LogP contribution in [-0.4, -0.2) is 34.5 Å². The van der Waals surface area contributed by atoms with Crippen LogP contribution in [-0.2, 0) is 0 Å². The van der Waals surface area contributed by atoms with Gasteiger partial charge in [-0.25, -0.2) is 13.8 Å². The van der Waals surface area contributed by atoms with Gasteiger partial charge in [-0.3, -0.25) is 15.0 Å². The van der Waals surface area contributed by atoms with E-state index in [-0.39, 0.29) is 16.3 Å². The first kappa shape index (κ1) is 25.1. The van der Waals surface area contributed by atoms with Crippen LogP contribution in [0.25, 0.3) is 22.2 Å². The molecule has 0 aliphatic carbocycles. The summed E-state index contributed by atoms with van der Waals surface area (Å²) in [7, 11) is 0. The van der Waals surface area contributed by atoms with Crippen molar-refractivity contribution in [3.05, 3.63) is 95.1 Å². The zero-order chi connectivity index (χ0) is 25.9. The molecule has 1 N–H and O–H groups in total. The van der Waals surface area contributed by atoms with Gasteiger partial charge in [0.1, 0.15) is 11.6 Å². The second-order valence-corrected chi connectivity index (χ2v) is 9.45. The van der Waals surface area contributed by atoms with E-state index < -0.39 is 11.6 Å². The van der Waals surface area contributed by atoms with Crippen LogP contribution in [0.3, 0.4) is 0 Å². The molecule has 0 bridgehead atoms. The first-order valence-electron chi connectivity index (χ1n) is 12.2. The Morgan fingerprint density at radius 2 is 2.03 bits per heavy atom. The smallest absolute Gasteiger partial charge is 0.144 e. The van der Waals surface area contributed by atoms with Gasteiger partial charge in [-0.15, -0.1) is 0 Å². The van der Waals surface area contributed by atoms with E-state index >= 15 is 0 Å². The maximum atomic E-state index is 14.8. The van der Waals surface area contributed by atoms with E-state index in [1.165, 1.54) is 18.0 Å². The molecule has 1 fully saturated rings. The van der Waals surface area contributed by atoms with E-state index in [9.17, 15) is 8.78 Å². The Kier molecular flexibility index (Phi) is 7.35. The molecular weight excluding hydrogens is 492 g/mol. The summed E-state index contributed by atoms with van der Waals surface area (Å²) < 4.78 is 28.6. The number of aromatic nitrogens is 2. The van der Waals surface area contributed by atoms with E-state index in [0.29, 0.717) is 22.7 Å². The summed E-state index contributed by atoms with van der Waals surface area (Å²) in [6.07, 6.45) is 10.0. The Labute approximate surface area is 219 Å². The van der Waals surface area contributed by atoms with E-state index in [4.69, 9.17) is 21.6 Å². The predicted octanol–water partition coefficient (Wildman–Crippen LogP) is 6.78. The molecule has 1 unspecified atom stereocenters. The number of hydrogen-bond acceptors (Lipinski definition) is 5. The summed E-state index contributed by atoms with van der Waals surface area (Å²) in [4.78, 5) is 18.6. The average molecular weight is 518 g/mol. The summed E-state index contributed by atoms with van der Waals surface area (Å²) >= 11 is 5.96. The molecule has 37 heavy (non-hydrogen) atoms. The van der Waals surface area contributed by atoms with Crippen molar-refractivity contribution in [2.24, 2.45) is 15.9 Å². The lowest BCUT2D eigenvalue weighted by Gasteiger charge is -2.23. The van der Waals surface area contributed by atoms with Crippen LogP contribution in [0.5, 0.6) is 0 Å². The van der Waals surface area contributed by atoms with E-state index in [1.54, 1.807) is 19.1 Å². The Hall–Kier alpha value is -3.55. The Bertz CT molecular complexity index is 1510. The fourth-order valence-electron chi connectivity index (χ4n) is 4.86. The molecule has 1 atom stereocenters. The van der Waals surface area contributed by atoms with E-state index in [2.05, 4.69) is 21.9 Å². The number of aliphatic imine (C=N–C) groups is 2. The van der Waals surface area contributed by atoms with Crippen LogP contribution in [0.2, 0.25) is 5.02 Å². The minimum Gasteiger partial charge on any atom is -0.311 e. The number of benzene rings is 1. The normalized spacial score (nSPS) is 18.6. The summed E-state index contributed by atoms with van der Waals surface area (Å²) in [5, 5.41) is 3.20. The Morgan fingerprint density at radius 3 is 2.84 bits per heavy atom. The van der Waals surface area contributed by atoms with Gasteiger partial charge in [0.25, 0.3) is 0 Å². The van der Waals surface area contributed by atoms with Gasteiger partial charge < -0.3 is 5.32 Å². The van der Waals surface area contributed by atoms with Crippen molar-refractivity contribution in [3.8, 4) is 0 Å². The number of piperidine rings is 1. The number of rotatable bonds is 5. The van der Waals surface area contributed by atoms with E-state index in [0.717, 1.165) is 55.1 Å². The molecule has 2 aliphatic rings. The zero-order valence-electron chi connectivity index (χ0n) is 20.4. The topological polar surface area (TPSA) is 62.5 Å². The number of fused-ring (bicyclic) bond motifs is 2. The standard InChI is InChI=1S/C29H26ClF2N5/c1-3-20(29(34-4-2)21-12-22(30)24(32)13-23(21)31)25-7-8-26-27(37-25)11-19(15-35-26)18-6-5-17-9-10-33-16-28(17)36-14-18/h3-4,7-8,11-15,17,33H,2,5-6,9-10,16H2,1H3/b20-3-,34-29?. The highest BCUT2D eigenvalue weighted by molar-refractivity contribution is 6.34. The van der Waals surface area contributed by atoms with Crippen molar-refractivity contribution in [1.29, 1.82) is 0 Å². The summed E-state index contributed by atoms with van der Waals surface area (Å²) in [6.45, 7) is 7.34. The molecule has 5 rings (SSSR count). The fraction of sp³-hybridized carbons (Fsp3) is 0.241. The highest BCUT2D eigenvalue weighted by atomic mass is 35.5. The quantitative estimate of drug-likeness (QED) is 0.299. The van der Waals surface area contributed by atoms with Gasteiger partial charge in [0, 0.05) is 54.0 Å². The molecular formula is C29H26ClF2N5. The van der Waals surface area contributed by atoms with Gasteiger partial charge >= 0.3 is 0 Å². The number of allylic oxidation sites excluding steroid dienone is 3. The van der Waals surface area contributed by atoms with Gasteiger partial charge in [0.05, 0.1) is 27.5 Å². The van der Waals surface area contributed by atoms with E-state index in [1.807, 2.05) is 24.5 Å². The van der Waals surface area contributed by atoms with Gasteiger partial charge in [0.2, 0.25) is 0 Å². The van der Waals surface area contributed by atoms with Crippen LogP contribution in [0, 0.1) is 17.6 Å². The van der Waals surface area contributed by atoms with Crippen molar-refractivity contribution in [2.75, 3.05) is 13.1 Å². The first-order valence-corrected chi connectivity index (χ1v) is 12.6. The highest BCUT2D eigenvalue weighted by Crippen LogP contribution is 2.31. The predicted molar refractivity (Wildman–Crippen MR) is 147 cm³/mol. The minimum absolute atomic E-state index is 0.0619. The molecule has 5 nitrogen and oxygen atoms in total. The van der Waals surface area contributed by atoms with Crippen molar-refractivity contribution in [2.45, 2.75) is 26.2 Å². The Morgan fingerprint density at radius 1 is 1.16 bits per heavy atom. The van der Waals surface area contributed by atoms with Crippen LogP contribution in [0.15, 0.2) is 71.6 Å².